The second-order valence-corrected chi connectivity index (χ2v) is 18.4. The Hall–Kier alpha value is -4.31. The summed E-state index contributed by atoms with van der Waals surface area (Å²) < 4.78 is 12.1. The third-order valence-corrected chi connectivity index (χ3v) is 13.9. The van der Waals surface area contributed by atoms with Crippen LogP contribution < -0.4 is 0 Å². The van der Waals surface area contributed by atoms with E-state index in [1.807, 2.05) is 13.8 Å². The molecule has 4 aliphatic rings. The summed E-state index contributed by atoms with van der Waals surface area (Å²) in [6.45, 7) is 20.7. The lowest BCUT2D eigenvalue weighted by atomic mass is 9.84. The van der Waals surface area contributed by atoms with Gasteiger partial charge in [-0.1, -0.05) is 106 Å². The predicted molar refractivity (Wildman–Crippen MR) is 250 cm³/mol. The zero-order valence-electron chi connectivity index (χ0n) is 39.4. The van der Waals surface area contributed by atoms with Crippen LogP contribution in [-0.2, 0) is 14.3 Å². The molecule has 2 N–H and O–H groups in total. The highest BCUT2D eigenvalue weighted by Crippen LogP contribution is 2.46. The molecule has 8 bridgehead atoms. The van der Waals surface area contributed by atoms with Gasteiger partial charge in [0.15, 0.2) is 0 Å². The Morgan fingerprint density at radius 3 is 2.11 bits per heavy atom. The van der Waals surface area contributed by atoms with Crippen LogP contribution in [0.1, 0.15) is 242 Å². The normalized spacial score (nSPS) is 19.7. The van der Waals surface area contributed by atoms with Gasteiger partial charge in [-0.05, 0) is 82.2 Å². The number of carbonyl (C=O) groups excluding carboxylic acids is 3. The second-order valence-electron chi connectivity index (χ2n) is 18.4. The lowest BCUT2D eigenvalue weighted by Crippen LogP contribution is -2.41. The summed E-state index contributed by atoms with van der Waals surface area (Å²) in [5, 5.41) is 0. The highest BCUT2D eigenvalue weighted by atomic mass is 16.5. The first-order valence-corrected chi connectivity index (χ1v) is 24.4. The van der Waals surface area contributed by atoms with Crippen LogP contribution in [0.5, 0.6) is 0 Å². The zero-order valence-corrected chi connectivity index (χ0v) is 39.4. The van der Waals surface area contributed by atoms with Gasteiger partial charge in [0.05, 0.1) is 46.4 Å². The molecule has 338 valence electrons. The number of aryl methyl sites for hydroxylation is 1. The number of H-pyrrole nitrogens is 2. The molecule has 10 nitrogen and oxygen atoms in total. The third kappa shape index (κ3) is 10.2. The molecule has 2 aromatic heterocycles. The number of nitrogens with zero attached hydrogens (tertiary/aromatic N) is 3. The summed E-state index contributed by atoms with van der Waals surface area (Å²) in [7, 11) is 0. The highest BCUT2D eigenvalue weighted by molar-refractivity contribution is 6.23. The topological polar surface area (TPSA) is 130 Å². The van der Waals surface area contributed by atoms with Gasteiger partial charge in [-0.3, -0.25) is 24.3 Å². The van der Waals surface area contributed by atoms with Crippen molar-refractivity contribution in [1.29, 1.82) is 0 Å². The van der Waals surface area contributed by atoms with Crippen molar-refractivity contribution >= 4 is 40.0 Å². The standard InChI is InChI=1S/C52H75N5O5/c1-10-14-16-18-19-20-21-23-28-61-36(9)46-34(7)41-29-40-33(6)38(24-25-45(58)62-27-12-3)49(55-40)48-50-47(51(59)57(52(48)60)26-22-17-15-11-2)35(8)42(56-50)30-43-37(13-4)32(5)39(53-43)31-44(46)54-41/h29-33,36-38,53,56H,10-28H2,1-9H3/t32-,33+,36?,37-,38+/m1/s1. The van der Waals surface area contributed by atoms with Crippen LogP contribution >= 0.6 is 0 Å². The van der Waals surface area contributed by atoms with Crippen molar-refractivity contribution in [1.82, 2.24) is 24.8 Å². The Balaban J connectivity index is 1.52. The van der Waals surface area contributed by atoms with Crippen molar-refractivity contribution in [2.75, 3.05) is 19.8 Å². The zero-order chi connectivity index (χ0) is 44.5. The van der Waals surface area contributed by atoms with Crippen molar-refractivity contribution in [3.63, 3.8) is 0 Å². The van der Waals surface area contributed by atoms with Crippen molar-refractivity contribution in [2.45, 2.75) is 195 Å². The van der Waals surface area contributed by atoms with E-state index in [9.17, 15) is 14.4 Å². The number of allylic oxidation sites excluding steroid dienone is 1. The minimum absolute atomic E-state index is 0.142. The highest BCUT2D eigenvalue weighted by Gasteiger charge is 2.41. The predicted octanol–water partition coefficient (Wildman–Crippen LogP) is 12.9. The van der Waals surface area contributed by atoms with Crippen LogP contribution in [0, 0.1) is 6.92 Å². The van der Waals surface area contributed by atoms with E-state index in [0.717, 1.165) is 95.6 Å². The van der Waals surface area contributed by atoms with E-state index in [-0.39, 0.29) is 54.0 Å². The number of aromatic amines is 2. The fourth-order valence-electron chi connectivity index (χ4n) is 10.1. The van der Waals surface area contributed by atoms with Crippen LogP contribution in [0.2, 0.25) is 0 Å². The molecule has 4 aliphatic heterocycles. The Kier molecular flexibility index (Phi) is 16.6. The summed E-state index contributed by atoms with van der Waals surface area (Å²) in [6.07, 6.45) is 15.9. The molecule has 6 heterocycles. The molecule has 0 aliphatic carbocycles. The van der Waals surface area contributed by atoms with E-state index in [0.29, 0.717) is 48.5 Å². The number of aromatic nitrogens is 4. The average Bonchev–Trinajstić information content (AvgIpc) is 3.94. The minimum atomic E-state index is -0.328. The van der Waals surface area contributed by atoms with Crippen molar-refractivity contribution in [3.05, 3.63) is 69.1 Å². The number of esters is 1. The number of amides is 2. The maximum Gasteiger partial charge on any atom is 0.305 e. The first kappa shape index (κ1) is 47.2. The van der Waals surface area contributed by atoms with E-state index in [1.165, 1.54) is 49.8 Å². The Labute approximate surface area is 371 Å². The third-order valence-electron chi connectivity index (χ3n) is 13.9. The molecule has 5 atom stereocenters. The van der Waals surface area contributed by atoms with Crippen LogP contribution in [-0.4, -0.2) is 68.5 Å². The lowest BCUT2D eigenvalue weighted by molar-refractivity contribution is -0.143. The molecule has 2 aromatic rings. The number of rotatable bonds is 22. The molecule has 0 radical (unpaired) electrons. The second kappa shape index (κ2) is 21.9. The van der Waals surface area contributed by atoms with Crippen LogP contribution in [0.15, 0.2) is 18.2 Å². The van der Waals surface area contributed by atoms with Crippen molar-refractivity contribution < 1.29 is 23.9 Å². The Morgan fingerprint density at radius 1 is 0.742 bits per heavy atom. The van der Waals surface area contributed by atoms with Crippen LogP contribution in [0.4, 0.5) is 0 Å². The van der Waals surface area contributed by atoms with Gasteiger partial charge >= 0.3 is 5.97 Å². The molecule has 0 saturated carbocycles. The molecule has 0 fully saturated rings. The number of hydrogen-bond donors (Lipinski definition) is 2. The van der Waals surface area contributed by atoms with Gasteiger partial charge in [-0.2, -0.15) is 0 Å². The summed E-state index contributed by atoms with van der Waals surface area (Å²) in [6, 6.07) is 6.44. The minimum Gasteiger partial charge on any atom is -0.466 e. The number of imide groups is 1. The number of nitrogens with one attached hydrogen (secondary N) is 2. The van der Waals surface area contributed by atoms with Gasteiger partial charge in [0.1, 0.15) is 0 Å². The van der Waals surface area contributed by atoms with Gasteiger partial charge in [0.2, 0.25) is 0 Å². The van der Waals surface area contributed by atoms with E-state index >= 15 is 0 Å². The molecule has 0 saturated heterocycles. The lowest BCUT2D eigenvalue weighted by Gasteiger charge is -2.27. The van der Waals surface area contributed by atoms with Gasteiger partial charge in [0, 0.05) is 71.4 Å². The molecule has 6 rings (SSSR count). The SMILES string of the molecule is CCCCCCCCCCOC(C)C1=C(C)c2cc3nc(c4c5[nH]c(cc6[nH]c(cc1n2)[C@H](C)[C@H]6CC)c(C)c5C(=O)N(CCCCCC)C4=O)[C@@H](CCC(=O)OCCC)[C@@H]3C. The maximum absolute atomic E-state index is 14.9. The van der Waals surface area contributed by atoms with Gasteiger partial charge in [-0.15, -0.1) is 0 Å². The average molecular weight is 850 g/mol. The Bertz CT molecular complexity index is 2160. The van der Waals surface area contributed by atoms with Crippen molar-refractivity contribution in [2.24, 2.45) is 0 Å². The number of fused-ring (bicyclic) bond motifs is 8. The largest absolute Gasteiger partial charge is 0.466 e. The molecular weight excluding hydrogens is 775 g/mol. The molecule has 0 spiro atoms. The van der Waals surface area contributed by atoms with Crippen LogP contribution in [0.3, 0.4) is 0 Å². The molecule has 62 heavy (non-hydrogen) atoms. The fraction of sp³-hybridized carbons (Fsp3) is 0.635. The van der Waals surface area contributed by atoms with Crippen LogP contribution in [0.25, 0.3) is 22.2 Å². The quantitative estimate of drug-likeness (QED) is 0.0685. The van der Waals surface area contributed by atoms with Gasteiger partial charge in [0.25, 0.3) is 11.8 Å². The summed E-state index contributed by atoms with van der Waals surface area (Å²) in [4.78, 5) is 62.0. The first-order valence-electron chi connectivity index (χ1n) is 24.4. The van der Waals surface area contributed by atoms with Crippen molar-refractivity contribution in [3.8, 4) is 0 Å². The number of hydrogen-bond acceptors (Lipinski definition) is 7. The number of ether oxygens (including phenoxy) is 2. The van der Waals surface area contributed by atoms with Gasteiger partial charge < -0.3 is 19.4 Å². The number of unbranched alkanes of at least 4 members (excludes halogenated alkanes) is 10. The van der Waals surface area contributed by atoms with E-state index < -0.39 is 0 Å². The molecule has 1 unspecified atom stereocenters. The molecule has 10 heteroatoms. The Morgan fingerprint density at radius 2 is 1.42 bits per heavy atom. The summed E-state index contributed by atoms with van der Waals surface area (Å²) >= 11 is 0. The number of carbonyl (C=O) groups is 3. The van der Waals surface area contributed by atoms with Gasteiger partial charge in [-0.25, -0.2) is 4.98 Å². The molecule has 0 aromatic carbocycles. The summed E-state index contributed by atoms with van der Waals surface area (Å²) in [5.74, 6) is -0.858. The van der Waals surface area contributed by atoms with E-state index in [2.05, 4.69) is 76.6 Å². The van der Waals surface area contributed by atoms with E-state index in [4.69, 9.17) is 19.4 Å². The first-order chi connectivity index (χ1) is 29.9. The summed E-state index contributed by atoms with van der Waals surface area (Å²) in [5.41, 5.74) is 10.5. The fourth-order valence-corrected chi connectivity index (χ4v) is 10.1. The molecular formula is C52H75N5O5. The molecule has 2 amide bonds. The maximum atomic E-state index is 14.9. The monoisotopic (exact) mass is 850 g/mol. The van der Waals surface area contributed by atoms with E-state index in [1.54, 1.807) is 0 Å². The smallest absolute Gasteiger partial charge is 0.305 e.